The molecular weight excluding hydrogens is 472 g/mol. The highest BCUT2D eigenvalue weighted by atomic mass is 16.6. The predicted molar refractivity (Wildman–Crippen MR) is 130 cm³/mol. The third kappa shape index (κ3) is 11.0. The van der Waals surface area contributed by atoms with Gasteiger partial charge in [-0.25, -0.2) is 0 Å². The summed E-state index contributed by atoms with van der Waals surface area (Å²) in [5.74, 6) is 2.39. The van der Waals surface area contributed by atoms with Gasteiger partial charge in [-0.05, 0) is 35.4 Å². The lowest BCUT2D eigenvalue weighted by atomic mass is 10.2. The topological polar surface area (TPSA) is 114 Å². The molecule has 0 aromatic heterocycles. The number of hydrogen-bond acceptors (Lipinski definition) is 10. The van der Waals surface area contributed by atoms with Crippen molar-refractivity contribution in [2.75, 3.05) is 79.3 Å². The van der Waals surface area contributed by atoms with Crippen LogP contribution in [0.15, 0.2) is 36.4 Å². The summed E-state index contributed by atoms with van der Waals surface area (Å²) in [5, 5.41) is 19.0. The number of rotatable bonds is 2. The summed E-state index contributed by atoms with van der Waals surface area (Å²) in [5.41, 5.74) is 1.39. The molecule has 0 unspecified atom stereocenters. The molecule has 0 saturated heterocycles. The van der Waals surface area contributed by atoms with Crippen molar-refractivity contribution in [3.8, 4) is 23.0 Å². The first kappa shape index (κ1) is 28.0. The van der Waals surface area contributed by atoms with Crippen molar-refractivity contribution < 1.29 is 48.1 Å². The average molecular weight is 509 g/mol. The Kier molecular flexibility index (Phi) is 13.2. The molecule has 2 N–H and O–H groups in total. The monoisotopic (exact) mass is 508 g/mol. The van der Waals surface area contributed by atoms with E-state index in [9.17, 15) is 10.2 Å². The van der Waals surface area contributed by atoms with E-state index in [4.69, 9.17) is 37.9 Å². The summed E-state index contributed by atoms with van der Waals surface area (Å²) in [6.07, 6.45) is 0. The van der Waals surface area contributed by atoms with Gasteiger partial charge < -0.3 is 48.1 Å². The molecule has 0 radical (unpaired) electrons. The molecule has 1 heterocycles. The standard InChI is InChI=1S/C26H36O10/c27-19-21-13-23-17-25(15-21)35-11-7-31-3-4-32-8-12-36-26-16-22(20-28)14-24(18-26)34-10-6-30-2-1-29-5-9-33-23/h13-18,27-28H,1-12,19-20H2. The number of benzene rings is 2. The van der Waals surface area contributed by atoms with Gasteiger partial charge in [-0.3, -0.25) is 0 Å². The molecule has 4 bridgehead atoms. The summed E-state index contributed by atoms with van der Waals surface area (Å²) in [7, 11) is 0. The Morgan fingerprint density at radius 1 is 0.389 bits per heavy atom. The number of ether oxygens (including phenoxy) is 8. The summed E-state index contributed by atoms with van der Waals surface area (Å²) >= 11 is 0. The molecule has 0 spiro atoms. The van der Waals surface area contributed by atoms with Gasteiger partial charge in [-0.2, -0.15) is 0 Å². The normalized spacial score (nSPS) is 17.6. The molecule has 1 aliphatic rings. The minimum atomic E-state index is -0.115. The first-order valence-electron chi connectivity index (χ1n) is 12.1. The highest BCUT2D eigenvalue weighted by Gasteiger charge is 2.06. The number of fused-ring (bicyclic) bond motifs is 4. The van der Waals surface area contributed by atoms with Gasteiger partial charge in [0.1, 0.15) is 49.4 Å². The van der Waals surface area contributed by atoms with E-state index in [2.05, 4.69) is 0 Å². The van der Waals surface area contributed by atoms with Crippen LogP contribution in [0.4, 0.5) is 0 Å². The average Bonchev–Trinajstić information content (AvgIpc) is 2.90. The largest absolute Gasteiger partial charge is 0.491 e. The van der Waals surface area contributed by atoms with Crippen LogP contribution in [0.3, 0.4) is 0 Å². The smallest absolute Gasteiger partial charge is 0.123 e. The lowest BCUT2D eigenvalue weighted by molar-refractivity contribution is 0.0260. The van der Waals surface area contributed by atoms with E-state index in [1.807, 2.05) is 0 Å². The Labute approximate surface area is 211 Å². The van der Waals surface area contributed by atoms with Crippen molar-refractivity contribution in [1.82, 2.24) is 0 Å². The molecular formula is C26H36O10. The summed E-state index contributed by atoms with van der Waals surface area (Å²) in [4.78, 5) is 0. The van der Waals surface area contributed by atoms with Crippen molar-refractivity contribution in [2.24, 2.45) is 0 Å². The number of aliphatic hydroxyl groups excluding tert-OH is 2. The van der Waals surface area contributed by atoms with Crippen molar-refractivity contribution in [2.45, 2.75) is 13.2 Å². The molecule has 0 fully saturated rings. The molecule has 0 amide bonds. The zero-order chi connectivity index (χ0) is 25.3. The van der Waals surface area contributed by atoms with Gasteiger partial charge >= 0.3 is 0 Å². The van der Waals surface area contributed by atoms with Crippen LogP contribution in [0, 0.1) is 0 Å². The zero-order valence-corrected chi connectivity index (χ0v) is 20.5. The van der Waals surface area contributed by atoms with Gasteiger partial charge in [0.05, 0.1) is 66.1 Å². The van der Waals surface area contributed by atoms with E-state index in [1.54, 1.807) is 36.4 Å². The molecule has 0 aliphatic carbocycles. The van der Waals surface area contributed by atoms with Crippen molar-refractivity contribution in [3.05, 3.63) is 47.5 Å². The fourth-order valence-corrected chi connectivity index (χ4v) is 3.29. The fraction of sp³-hybridized carbons (Fsp3) is 0.538. The lowest BCUT2D eigenvalue weighted by Crippen LogP contribution is -2.14. The van der Waals surface area contributed by atoms with E-state index in [0.717, 1.165) is 0 Å². The highest BCUT2D eigenvalue weighted by molar-refractivity contribution is 5.39. The molecule has 0 saturated carbocycles. The summed E-state index contributed by atoms with van der Waals surface area (Å²) in [6.45, 7) is 4.46. The van der Waals surface area contributed by atoms with Crippen LogP contribution in [0.2, 0.25) is 0 Å². The second kappa shape index (κ2) is 17.0. The molecule has 2 aromatic rings. The Morgan fingerprint density at radius 3 is 0.889 bits per heavy atom. The molecule has 1 aliphatic heterocycles. The van der Waals surface area contributed by atoms with Gasteiger partial charge in [-0.15, -0.1) is 0 Å². The molecule has 0 atom stereocenters. The van der Waals surface area contributed by atoms with Crippen LogP contribution in [0.25, 0.3) is 0 Å². The summed E-state index contributed by atoms with van der Waals surface area (Å²) < 4.78 is 45.1. The highest BCUT2D eigenvalue weighted by Crippen LogP contribution is 2.24. The van der Waals surface area contributed by atoms with E-state index >= 15 is 0 Å². The van der Waals surface area contributed by atoms with Crippen LogP contribution in [0.5, 0.6) is 23.0 Å². The predicted octanol–water partition coefficient (Wildman–Crippen LogP) is 1.97. The third-order valence-corrected chi connectivity index (χ3v) is 4.97. The number of aliphatic hydroxyl groups is 2. The van der Waals surface area contributed by atoms with Crippen molar-refractivity contribution in [3.63, 3.8) is 0 Å². The quantitative estimate of drug-likeness (QED) is 0.624. The van der Waals surface area contributed by atoms with Crippen LogP contribution >= 0.6 is 0 Å². The van der Waals surface area contributed by atoms with E-state index in [1.165, 1.54) is 0 Å². The first-order chi connectivity index (χ1) is 17.8. The summed E-state index contributed by atoms with van der Waals surface area (Å²) in [6, 6.07) is 10.6. The fourth-order valence-electron chi connectivity index (χ4n) is 3.29. The number of hydrogen-bond donors (Lipinski definition) is 2. The molecule has 3 rings (SSSR count). The van der Waals surface area contributed by atoms with Crippen LogP contribution < -0.4 is 18.9 Å². The maximum absolute atomic E-state index is 9.51. The molecule has 200 valence electrons. The Hall–Kier alpha value is -2.60. The first-order valence-corrected chi connectivity index (χ1v) is 12.1. The second-order valence-electron chi connectivity index (χ2n) is 7.78. The van der Waals surface area contributed by atoms with Gasteiger partial charge in [-0.1, -0.05) is 0 Å². The molecule has 10 nitrogen and oxygen atoms in total. The Morgan fingerprint density at radius 2 is 0.639 bits per heavy atom. The third-order valence-electron chi connectivity index (χ3n) is 4.97. The van der Waals surface area contributed by atoms with Gasteiger partial charge in [0, 0.05) is 12.1 Å². The Balaban J connectivity index is 1.49. The van der Waals surface area contributed by atoms with Crippen LogP contribution in [-0.4, -0.2) is 89.5 Å². The van der Waals surface area contributed by atoms with Gasteiger partial charge in [0.15, 0.2) is 0 Å². The minimum absolute atomic E-state index is 0.115. The van der Waals surface area contributed by atoms with Crippen molar-refractivity contribution in [1.29, 1.82) is 0 Å². The minimum Gasteiger partial charge on any atom is -0.491 e. The van der Waals surface area contributed by atoms with Gasteiger partial charge in [0.2, 0.25) is 0 Å². The van der Waals surface area contributed by atoms with Crippen LogP contribution in [-0.2, 0) is 32.2 Å². The van der Waals surface area contributed by atoms with E-state index < -0.39 is 0 Å². The molecule has 36 heavy (non-hydrogen) atoms. The zero-order valence-electron chi connectivity index (χ0n) is 20.5. The second-order valence-corrected chi connectivity index (χ2v) is 7.78. The SMILES string of the molecule is OCc1cc2cc(c1)OCCOCCOCCOc1cc(CO)cc(c1)OCCOCCOCCO2. The lowest BCUT2D eigenvalue weighted by Gasteiger charge is -2.13. The van der Waals surface area contributed by atoms with Crippen LogP contribution in [0.1, 0.15) is 11.1 Å². The van der Waals surface area contributed by atoms with Gasteiger partial charge in [0.25, 0.3) is 0 Å². The Bertz CT molecular complexity index is 744. The molecule has 10 heteroatoms. The van der Waals surface area contributed by atoms with E-state index in [-0.39, 0.29) is 13.2 Å². The molecule has 2 aromatic carbocycles. The maximum Gasteiger partial charge on any atom is 0.123 e. The van der Waals surface area contributed by atoms with E-state index in [0.29, 0.717) is 113 Å². The van der Waals surface area contributed by atoms with Crippen molar-refractivity contribution >= 4 is 0 Å². The maximum atomic E-state index is 9.51.